The molecule has 1 atom stereocenters. The molecule has 106 valence electrons. The molecular formula is C15H16BrNO3. The van der Waals surface area contributed by atoms with E-state index >= 15 is 0 Å². The minimum atomic E-state index is -0.333. The third kappa shape index (κ3) is 2.43. The summed E-state index contributed by atoms with van der Waals surface area (Å²) in [6.45, 7) is 3.18. The molecule has 2 heterocycles. The Balaban J connectivity index is 1.96. The van der Waals surface area contributed by atoms with Crippen molar-refractivity contribution in [2.75, 3.05) is 13.2 Å². The Hall–Kier alpha value is -1.46. The summed E-state index contributed by atoms with van der Waals surface area (Å²) in [4.78, 5) is 0. The Bertz CT molecular complexity index is 624. The van der Waals surface area contributed by atoms with Crippen LogP contribution in [0.25, 0.3) is 0 Å². The Morgan fingerprint density at radius 2 is 1.90 bits per heavy atom. The van der Waals surface area contributed by atoms with E-state index < -0.39 is 0 Å². The number of benzene rings is 1. The molecule has 0 fully saturated rings. The Labute approximate surface area is 126 Å². The van der Waals surface area contributed by atoms with Crippen molar-refractivity contribution in [2.24, 2.45) is 5.73 Å². The van der Waals surface area contributed by atoms with Crippen LogP contribution in [0.3, 0.4) is 0 Å². The number of hydrogen-bond donors (Lipinski definition) is 1. The molecule has 2 N–H and O–H groups in total. The second-order valence-corrected chi connectivity index (χ2v) is 5.51. The van der Waals surface area contributed by atoms with Crippen LogP contribution in [0, 0.1) is 0 Å². The quantitative estimate of drug-likeness (QED) is 0.932. The maximum atomic E-state index is 6.30. The Kier molecular flexibility index (Phi) is 3.72. The fraction of sp³-hybridized carbons (Fsp3) is 0.333. The average molecular weight is 338 g/mol. The number of aryl methyl sites for hydroxylation is 1. The van der Waals surface area contributed by atoms with E-state index in [1.165, 1.54) is 0 Å². The minimum absolute atomic E-state index is 0.333. The van der Waals surface area contributed by atoms with Gasteiger partial charge in [-0.05, 0) is 29.8 Å². The maximum absolute atomic E-state index is 6.30. The van der Waals surface area contributed by atoms with Crippen molar-refractivity contribution in [3.63, 3.8) is 0 Å². The zero-order chi connectivity index (χ0) is 14.1. The van der Waals surface area contributed by atoms with Gasteiger partial charge in [0.2, 0.25) is 0 Å². The standard InChI is InChI=1S/C15H16BrNO3/c1-2-9-3-4-12(20-9)15(17)10-7-13-14(8-11(10)16)19-6-5-18-13/h3-4,7-8,15H,2,5-6,17H2,1H3. The number of furan rings is 1. The van der Waals surface area contributed by atoms with Crippen LogP contribution in [-0.2, 0) is 6.42 Å². The third-order valence-corrected chi connectivity index (χ3v) is 4.02. The summed E-state index contributed by atoms with van der Waals surface area (Å²) in [6.07, 6.45) is 0.856. The van der Waals surface area contributed by atoms with Gasteiger partial charge >= 0.3 is 0 Å². The minimum Gasteiger partial charge on any atom is -0.486 e. The first-order valence-corrected chi connectivity index (χ1v) is 7.41. The molecule has 1 aliphatic rings. The largest absolute Gasteiger partial charge is 0.486 e. The topological polar surface area (TPSA) is 57.6 Å². The summed E-state index contributed by atoms with van der Waals surface area (Å²) >= 11 is 3.54. The molecule has 4 nitrogen and oxygen atoms in total. The number of nitrogens with two attached hydrogens (primary N) is 1. The van der Waals surface area contributed by atoms with Crippen molar-refractivity contribution in [3.05, 3.63) is 45.8 Å². The van der Waals surface area contributed by atoms with Gasteiger partial charge in [0, 0.05) is 10.9 Å². The number of halogens is 1. The zero-order valence-electron chi connectivity index (χ0n) is 11.2. The van der Waals surface area contributed by atoms with Crippen LogP contribution in [0.15, 0.2) is 33.2 Å². The summed E-state index contributed by atoms with van der Waals surface area (Å²) in [5, 5.41) is 0. The van der Waals surface area contributed by atoms with E-state index in [-0.39, 0.29) is 6.04 Å². The lowest BCUT2D eigenvalue weighted by molar-refractivity contribution is 0.171. The van der Waals surface area contributed by atoms with Gasteiger partial charge in [0.05, 0.1) is 6.04 Å². The Morgan fingerprint density at radius 3 is 2.55 bits per heavy atom. The summed E-state index contributed by atoms with van der Waals surface area (Å²) < 4.78 is 17.8. The molecule has 0 saturated heterocycles. The fourth-order valence-corrected chi connectivity index (χ4v) is 2.79. The van der Waals surface area contributed by atoms with Crippen LogP contribution in [0.4, 0.5) is 0 Å². The monoisotopic (exact) mass is 337 g/mol. The van der Waals surface area contributed by atoms with E-state index in [9.17, 15) is 0 Å². The third-order valence-electron chi connectivity index (χ3n) is 3.33. The van der Waals surface area contributed by atoms with Crippen LogP contribution in [-0.4, -0.2) is 13.2 Å². The van der Waals surface area contributed by atoms with Crippen molar-refractivity contribution < 1.29 is 13.9 Å². The second-order valence-electron chi connectivity index (χ2n) is 4.65. The summed E-state index contributed by atoms with van der Waals surface area (Å²) in [5.74, 6) is 3.16. The molecule has 5 heteroatoms. The normalized spacial score (nSPS) is 15.2. The zero-order valence-corrected chi connectivity index (χ0v) is 12.8. The summed E-state index contributed by atoms with van der Waals surface area (Å²) in [7, 11) is 0. The SMILES string of the molecule is CCc1ccc(C(N)c2cc3c(cc2Br)OCCO3)o1. The lowest BCUT2D eigenvalue weighted by Gasteiger charge is -2.21. The van der Waals surface area contributed by atoms with Crippen molar-refractivity contribution in [1.82, 2.24) is 0 Å². The van der Waals surface area contributed by atoms with Crippen molar-refractivity contribution in [2.45, 2.75) is 19.4 Å². The summed E-state index contributed by atoms with van der Waals surface area (Å²) in [5.41, 5.74) is 7.22. The average Bonchev–Trinajstić information content (AvgIpc) is 2.94. The van der Waals surface area contributed by atoms with Crippen LogP contribution in [0.1, 0.15) is 30.0 Å². The van der Waals surface area contributed by atoms with Gasteiger partial charge < -0.3 is 19.6 Å². The lowest BCUT2D eigenvalue weighted by atomic mass is 10.0. The molecular weight excluding hydrogens is 322 g/mol. The molecule has 1 aromatic heterocycles. The highest BCUT2D eigenvalue weighted by Crippen LogP contribution is 2.38. The first kappa shape index (κ1) is 13.5. The van der Waals surface area contributed by atoms with E-state index in [1.807, 2.05) is 31.2 Å². The van der Waals surface area contributed by atoms with Gasteiger partial charge in [-0.25, -0.2) is 0 Å². The molecule has 0 saturated carbocycles. The molecule has 2 aromatic rings. The van der Waals surface area contributed by atoms with Gasteiger partial charge in [0.25, 0.3) is 0 Å². The molecule has 1 aromatic carbocycles. The molecule has 0 spiro atoms. The highest BCUT2D eigenvalue weighted by molar-refractivity contribution is 9.10. The molecule has 0 radical (unpaired) electrons. The maximum Gasteiger partial charge on any atom is 0.162 e. The van der Waals surface area contributed by atoms with Crippen molar-refractivity contribution in [1.29, 1.82) is 0 Å². The predicted octanol–water partition coefficient (Wildman–Crippen LogP) is 3.42. The van der Waals surface area contributed by atoms with E-state index in [0.29, 0.717) is 13.2 Å². The molecule has 20 heavy (non-hydrogen) atoms. The lowest BCUT2D eigenvalue weighted by Crippen LogP contribution is -2.17. The van der Waals surface area contributed by atoms with Crippen molar-refractivity contribution in [3.8, 4) is 11.5 Å². The highest BCUT2D eigenvalue weighted by atomic mass is 79.9. The molecule has 0 aliphatic carbocycles. The molecule has 0 amide bonds. The van der Waals surface area contributed by atoms with Crippen LogP contribution in [0.2, 0.25) is 0 Å². The van der Waals surface area contributed by atoms with E-state index in [4.69, 9.17) is 19.6 Å². The molecule has 3 rings (SSSR count). The van der Waals surface area contributed by atoms with Gasteiger partial charge in [-0.1, -0.05) is 22.9 Å². The van der Waals surface area contributed by atoms with Crippen LogP contribution < -0.4 is 15.2 Å². The smallest absolute Gasteiger partial charge is 0.162 e. The van der Waals surface area contributed by atoms with Crippen LogP contribution >= 0.6 is 15.9 Å². The summed E-state index contributed by atoms with van der Waals surface area (Å²) in [6, 6.07) is 7.36. The van der Waals surface area contributed by atoms with Crippen molar-refractivity contribution >= 4 is 15.9 Å². The van der Waals surface area contributed by atoms with Gasteiger partial charge in [-0.3, -0.25) is 0 Å². The number of fused-ring (bicyclic) bond motifs is 1. The predicted molar refractivity (Wildman–Crippen MR) is 79.2 cm³/mol. The van der Waals surface area contributed by atoms with Gasteiger partial charge in [0.1, 0.15) is 24.7 Å². The Morgan fingerprint density at radius 1 is 1.20 bits per heavy atom. The van der Waals surface area contributed by atoms with Gasteiger partial charge in [0.15, 0.2) is 11.5 Å². The fourth-order valence-electron chi connectivity index (χ4n) is 2.22. The molecule has 0 bridgehead atoms. The molecule has 1 unspecified atom stereocenters. The van der Waals surface area contributed by atoms with Crippen LogP contribution in [0.5, 0.6) is 11.5 Å². The van der Waals surface area contributed by atoms with E-state index in [0.717, 1.165) is 39.5 Å². The number of rotatable bonds is 3. The van der Waals surface area contributed by atoms with E-state index in [2.05, 4.69) is 15.9 Å². The first-order chi connectivity index (χ1) is 9.69. The molecule has 1 aliphatic heterocycles. The number of hydrogen-bond acceptors (Lipinski definition) is 4. The highest BCUT2D eigenvalue weighted by Gasteiger charge is 2.21. The van der Waals surface area contributed by atoms with E-state index in [1.54, 1.807) is 0 Å². The second kappa shape index (κ2) is 5.50. The number of ether oxygens (including phenoxy) is 2. The van der Waals surface area contributed by atoms with Gasteiger partial charge in [-0.15, -0.1) is 0 Å². The first-order valence-electron chi connectivity index (χ1n) is 6.62. The van der Waals surface area contributed by atoms with Gasteiger partial charge in [-0.2, -0.15) is 0 Å².